The molecule has 0 spiro atoms. The Balaban J connectivity index is 1.59. The first-order chi connectivity index (χ1) is 11.2. The maximum atomic E-state index is 12.6. The van der Waals surface area contributed by atoms with Gasteiger partial charge in [0.15, 0.2) is 10.9 Å². The molecule has 0 unspecified atom stereocenters. The second kappa shape index (κ2) is 7.73. The summed E-state index contributed by atoms with van der Waals surface area (Å²) in [6, 6.07) is 3.70. The van der Waals surface area contributed by atoms with Gasteiger partial charge in [0, 0.05) is 32.5 Å². The Morgan fingerprint density at radius 3 is 2.65 bits per heavy atom. The highest BCUT2D eigenvalue weighted by atomic mass is 32.2. The Kier molecular flexibility index (Phi) is 5.43. The van der Waals surface area contributed by atoms with Crippen LogP contribution in [-0.4, -0.2) is 33.4 Å². The quantitative estimate of drug-likeness (QED) is 0.800. The van der Waals surface area contributed by atoms with E-state index in [0.29, 0.717) is 11.5 Å². The maximum Gasteiger partial charge on any atom is 0.289 e. The van der Waals surface area contributed by atoms with Gasteiger partial charge >= 0.3 is 0 Å². The van der Waals surface area contributed by atoms with Crippen LogP contribution < -0.4 is 0 Å². The molecule has 2 aromatic heterocycles. The summed E-state index contributed by atoms with van der Waals surface area (Å²) in [6.07, 6.45) is 9.60. The number of aromatic nitrogens is 2. The average Bonchev–Trinajstić information content (AvgIpc) is 3.13. The molecule has 3 heterocycles. The minimum atomic E-state index is 0.0279. The molecule has 0 aromatic carbocycles. The van der Waals surface area contributed by atoms with Crippen LogP contribution in [0.1, 0.15) is 48.4 Å². The van der Waals surface area contributed by atoms with Crippen molar-refractivity contribution in [1.82, 2.24) is 14.5 Å². The zero-order chi connectivity index (χ0) is 16.1. The molecule has 0 atom stereocenters. The summed E-state index contributed by atoms with van der Waals surface area (Å²) >= 11 is 1.61. The number of furan rings is 1. The minimum Gasteiger partial charge on any atom is -0.455 e. The molecule has 2 aromatic rings. The highest BCUT2D eigenvalue weighted by molar-refractivity contribution is 7.98. The number of carbonyl (C=O) groups excluding carboxylic acids is 1. The third kappa shape index (κ3) is 4.19. The highest BCUT2D eigenvalue weighted by Gasteiger charge is 2.20. The van der Waals surface area contributed by atoms with Crippen molar-refractivity contribution >= 4 is 17.7 Å². The summed E-state index contributed by atoms with van der Waals surface area (Å²) in [5, 5.41) is 0.943. The van der Waals surface area contributed by atoms with Gasteiger partial charge < -0.3 is 13.9 Å². The van der Waals surface area contributed by atoms with Crippen molar-refractivity contribution < 1.29 is 9.21 Å². The van der Waals surface area contributed by atoms with E-state index >= 15 is 0 Å². The molecule has 1 fully saturated rings. The molecule has 1 amide bonds. The summed E-state index contributed by atoms with van der Waals surface area (Å²) in [7, 11) is 1.97. The molecule has 124 valence electrons. The lowest BCUT2D eigenvalue weighted by Gasteiger charge is -2.23. The number of amides is 1. The molecule has 1 aliphatic rings. The molecule has 23 heavy (non-hydrogen) atoms. The van der Waals surface area contributed by atoms with Gasteiger partial charge in [-0.25, -0.2) is 4.98 Å². The van der Waals surface area contributed by atoms with Gasteiger partial charge in [0.1, 0.15) is 5.76 Å². The summed E-state index contributed by atoms with van der Waals surface area (Å²) in [4.78, 5) is 18.8. The molecular formula is C17H23N3O2S. The largest absolute Gasteiger partial charge is 0.455 e. The monoisotopic (exact) mass is 333 g/mol. The predicted molar refractivity (Wildman–Crippen MR) is 90.5 cm³/mol. The van der Waals surface area contributed by atoms with Gasteiger partial charge in [-0.2, -0.15) is 0 Å². The fourth-order valence-electron chi connectivity index (χ4n) is 2.80. The molecule has 6 heteroatoms. The minimum absolute atomic E-state index is 0.0279. The van der Waals surface area contributed by atoms with E-state index in [-0.39, 0.29) is 5.91 Å². The number of thioether (sulfide) groups is 1. The van der Waals surface area contributed by atoms with Crippen molar-refractivity contribution in [3.05, 3.63) is 36.0 Å². The number of hydrogen-bond acceptors (Lipinski definition) is 4. The van der Waals surface area contributed by atoms with Gasteiger partial charge in [-0.15, -0.1) is 0 Å². The Labute approximate surface area is 141 Å². The van der Waals surface area contributed by atoms with Crippen molar-refractivity contribution in [2.24, 2.45) is 7.05 Å². The van der Waals surface area contributed by atoms with Crippen LogP contribution in [0.2, 0.25) is 0 Å². The second-order valence-corrected chi connectivity index (χ2v) is 6.88. The van der Waals surface area contributed by atoms with Crippen LogP contribution in [0.5, 0.6) is 0 Å². The molecule has 0 saturated carbocycles. The third-order valence-electron chi connectivity index (χ3n) is 4.14. The van der Waals surface area contributed by atoms with Crippen LogP contribution in [0.25, 0.3) is 0 Å². The van der Waals surface area contributed by atoms with Crippen LogP contribution in [-0.2, 0) is 12.8 Å². The highest BCUT2D eigenvalue weighted by Crippen LogP contribution is 2.23. The van der Waals surface area contributed by atoms with E-state index in [1.54, 1.807) is 24.0 Å². The van der Waals surface area contributed by atoms with Gasteiger partial charge in [0.25, 0.3) is 5.91 Å². The predicted octanol–water partition coefficient (Wildman–Crippen LogP) is 3.71. The smallest absolute Gasteiger partial charge is 0.289 e. The SMILES string of the molecule is Cn1ccnc1SCc1ccc(C(=O)N2CCCCCCC2)o1. The molecule has 1 saturated heterocycles. The molecule has 0 bridgehead atoms. The van der Waals surface area contributed by atoms with Gasteiger partial charge in [0.05, 0.1) is 5.75 Å². The summed E-state index contributed by atoms with van der Waals surface area (Å²) < 4.78 is 7.73. The average molecular weight is 333 g/mol. The number of nitrogens with zero attached hydrogens (tertiary/aromatic N) is 3. The Hall–Kier alpha value is -1.69. The molecule has 0 aliphatic carbocycles. The van der Waals surface area contributed by atoms with Gasteiger partial charge in [-0.05, 0) is 25.0 Å². The van der Waals surface area contributed by atoms with Crippen LogP contribution in [0.4, 0.5) is 0 Å². The third-order valence-corrected chi connectivity index (χ3v) is 5.22. The Morgan fingerprint density at radius 1 is 1.22 bits per heavy atom. The topological polar surface area (TPSA) is 51.3 Å². The molecule has 3 rings (SSSR count). The number of likely N-dealkylation sites (tertiary alicyclic amines) is 1. The lowest BCUT2D eigenvalue weighted by molar-refractivity contribution is 0.0709. The second-order valence-electron chi connectivity index (χ2n) is 5.94. The van der Waals surface area contributed by atoms with Crippen LogP contribution in [0, 0.1) is 0 Å². The van der Waals surface area contributed by atoms with E-state index in [1.165, 1.54) is 19.3 Å². The standard InChI is InChI=1S/C17H23N3O2S/c1-19-12-9-18-17(19)23-13-14-7-8-15(22-14)16(21)20-10-5-3-2-4-6-11-20/h7-9,12H,2-6,10-11,13H2,1H3. The maximum absolute atomic E-state index is 12.6. The first-order valence-corrected chi connectivity index (χ1v) is 9.21. The Morgan fingerprint density at radius 2 is 1.96 bits per heavy atom. The number of hydrogen-bond donors (Lipinski definition) is 0. The molecular weight excluding hydrogens is 310 g/mol. The van der Waals surface area contributed by atoms with E-state index in [4.69, 9.17) is 4.42 Å². The van der Waals surface area contributed by atoms with Gasteiger partial charge in [0.2, 0.25) is 0 Å². The fraction of sp³-hybridized carbons (Fsp3) is 0.529. The molecule has 0 radical (unpaired) electrons. The number of rotatable bonds is 4. The van der Waals surface area contributed by atoms with E-state index in [1.807, 2.05) is 28.8 Å². The normalized spacial score (nSPS) is 16.1. The Bertz CT molecular complexity index is 642. The van der Waals surface area contributed by atoms with Crippen molar-refractivity contribution in [2.45, 2.75) is 43.0 Å². The zero-order valence-corrected chi connectivity index (χ0v) is 14.3. The van der Waals surface area contributed by atoms with E-state index in [2.05, 4.69) is 4.98 Å². The van der Waals surface area contributed by atoms with E-state index in [9.17, 15) is 4.79 Å². The van der Waals surface area contributed by atoms with Gasteiger partial charge in [-0.1, -0.05) is 31.0 Å². The van der Waals surface area contributed by atoms with E-state index < -0.39 is 0 Å². The van der Waals surface area contributed by atoms with Crippen LogP contribution in [0.15, 0.2) is 34.1 Å². The van der Waals surface area contributed by atoms with Crippen molar-refractivity contribution in [3.8, 4) is 0 Å². The molecule has 5 nitrogen and oxygen atoms in total. The van der Waals surface area contributed by atoms with Crippen molar-refractivity contribution in [3.63, 3.8) is 0 Å². The fourth-order valence-corrected chi connectivity index (χ4v) is 3.63. The molecule has 1 aliphatic heterocycles. The first-order valence-electron chi connectivity index (χ1n) is 8.22. The summed E-state index contributed by atoms with van der Waals surface area (Å²) in [5.41, 5.74) is 0. The molecule has 0 N–H and O–H groups in total. The number of imidazole rings is 1. The van der Waals surface area contributed by atoms with Crippen LogP contribution >= 0.6 is 11.8 Å². The zero-order valence-electron chi connectivity index (χ0n) is 13.5. The summed E-state index contributed by atoms with van der Waals surface area (Å²) in [6.45, 7) is 1.69. The lowest BCUT2D eigenvalue weighted by Crippen LogP contribution is -2.33. The lowest BCUT2D eigenvalue weighted by atomic mass is 10.1. The van der Waals surface area contributed by atoms with E-state index in [0.717, 1.165) is 36.8 Å². The first kappa shape index (κ1) is 16.2. The van der Waals surface area contributed by atoms with Crippen molar-refractivity contribution in [2.75, 3.05) is 13.1 Å². The van der Waals surface area contributed by atoms with Crippen molar-refractivity contribution in [1.29, 1.82) is 0 Å². The van der Waals surface area contributed by atoms with Crippen LogP contribution in [0.3, 0.4) is 0 Å². The summed E-state index contributed by atoms with van der Waals surface area (Å²) in [5.74, 6) is 1.98. The number of aryl methyl sites for hydroxylation is 1. The van der Waals surface area contributed by atoms with Gasteiger partial charge in [-0.3, -0.25) is 4.79 Å². The number of carbonyl (C=O) groups is 1.